The average Bonchev–Trinajstić information content (AvgIpc) is 2.13. The molecule has 0 aromatic heterocycles. The molecular formula is C17H27. The van der Waals surface area contributed by atoms with Gasteiger partial charge in [-0.05, 0) is 53.4 Å². The zero-order chi connectivity index (χ0) is 13.4. The van der Waals surface area contributed by atoms with Crippen LogP contribution in [-0.4, -0.2) is 0 Å². The van der Waals surface area contributed by atoms with Crippen LogP contribution < -0.4 is 0 Å². The maximum Gasteiger partial charge on any atom is -0.0129 e. The van der Waals surface area contributed by atoms with Gasteiger partial charge < -0.3 is 0 Å². The second-order valence-corrected chi connectivity index (χ2v) is 7.07. The molecule has 0 aliphatic rings. The molecule has 0 aliphatic carbocycles. The molecule has 0 heterocycles. The van der Waals surface area contributed by atoms with Crippen LogP contribution in [0, 0.1) is 13.8 Å². The van der Waals surface area contributed by atoms with E-state index < -0.39 is 0 Å². The maximum absolute atomic E-state index is 4.08. The van der Waals surface area contributed by atoms with E-state index in [0.29, 0.717) is 0 Å². The van der Waals surface area contributed by atoms with Crippen LogP contribution >= 0.6 is 0 Å². The van der Waals surface area contributed by atoms with Crippen molar-refractivity contribution < 1.29 is 0 Å². The number of benzene rings is 1. The van der Waals surface area contributed by atoms with Crippen molar-refractivity contribution in [3.8, 4) is 0 Å². The molecule has 0 atom stereocenters. The fourth-order valence-electron chi connectivity index (χ4n) is 2.25. The van der Waals surface area contributed by atoms with Crippen LogP contribution in [0.15, 0.2) is 12.1 Å². The van der Waals surface area contributed by atoms with Gasteiger partial charge in [0.1, 0.15) is 0 Å². The van der Waals surface area contributed by atoms with Gasteiger partial charge in [0, 0.05) is 0 Å². The Morgan fingerprint density at radius 1 is 0.941 bits per heavy atom. The Kier molecular flexibility index (Phi) is 3.76. The molecule has 0 saturated heterocycles. The monoisotopic (exact) mass is 231 g/mol. The second kappa shape index (κ2) is 4.48. The van der Waals surface area contributed by atoms with Crippen LogP contribution in [0.4, 0.5) is 0 Å². The normalized spacial score (nSPS) is 12.9. The number of hydrogen-bond donors (Lipinski definition) is 0. The molecule has 0 heteroatoms. The molecule has 0 amide bonds. The lowest BCUT2D eigenvalue weighted by Gasteiger charge is -2.28. The van der Waals surface area contributed by atoms with E-state index >= 15 is 0 Å². The number of hydrogen-bond acceptors (Lipinski definition) is 0. The van der Waals surface area contributed by atoms with Gasteiger partial charge in [-0.15, -0.1) is 0 Å². The molecule has 0 aliphatic heterocycles. The van der Waals surface area contributed by atoms with Gasteiger partial charge in [-0.2, -0.15) is 0 Å². The third-order valence-corrected chi connectivity index (χ3v) is 3.40. The predicted molar refractivity (Wildman–Crippen MR) is 77.6 cm³/mol. The molecule has 0 fully saturated rings. The first-order valence-corrected chi connectivity index (χ1v) is 6.51. The lowest BCUT2D eigenvalue weighted by molar-refractivity contribution is 0.563. The van der Waals surface area contributed by atoms with Crippen molar-refractivity contribution in [1.29, 1.82) is 0 Å². The second-order valence-electron chi connectivity index (χ2n) is 7.07. The van der Waals surface area contributed by atoms with Gasteiger partial charge in [0.2, 0.25) is 0 Å². The van der Waals surface area contributed by atoms with Crippen molar-refractivity contribution in [1.82, 2.24) is 0 Å². The third kappa shape index (κ3) is 3.12. The minimum Gasteiger partial charge on any atom is -0.0561 e. The molecule has 0 nitrogen and oxygen atoms in total. The maximum atomic E-state index is 4.08. The summed E-state index contributed by atoms with van der Waals surface area (Å²) >= 11 is 0. The molecule has 17 heavy (non-hydrogen) atoms. The quantitative estimate of drug-likeness (QED) is 0.640. The fraction of sp³-hybridized carbons (Fsp3) is 0.588. The summed E-state index contributed by atoms with van der Waals surface area (Å²) < 4.78 is 0. The summed E-state index contributed by atoms with van der Waals surface area (Å²) in [6, 6.07) is 4.71. The Hall–Kier alpha value is -0.780. The molecule has 0 N–H and O–H groups in total. The van der Waals surface area contributed by atoms with E-state index in [9.17, 15) is 0 Å². The first kappa shape index (κ1) is 14.3. The Morgan fingerprint density at radius 3 is 1.82 bits per heavy atom. The van der Waals surface area contributed by atoms with Gasteiger partial charge in [-0.25, -0.2) is 0 Å². The van der Waals surface area contributed by atoms with E-state index in [-0.39, 0.29) is 10.8 Å². The van der Waals surface area contributed by atoms with Gasteiger partial charge in [0.05, 0.1) is 0 Å². The molecule has 0 saturated carbocycles. The minimum absolute atomic E-state index is 0.193. The van der Waals surface area contributed by atoms with E-state index in [1.807, 2.05) is 0 Å². The third-order valence-electron chi connectivity index (χ3n) is 3.40. The molecular weight excluding hydrogens is 204 g/mol. The molecule has 1 radical (unpaired) electrons. The van der Waals surface area contributed by atoms with Crippen molar-refractivity contribution in [3.63, 3.8) is 0 Å². The lowest BCUT2D eigenvalue weighted by atomic mass is 9.76. The highest BCUT2D eigenvalue weighted by atomic mass is 14.3. The van der Waals surface area contributed by atoms with E-state index in [1.54, 1.807) is 0 Å². The highest BCUT2D eigenvalue weighted by Crippen LogP contribution is 2.33. The first-order valence-electron chi connectivity index (χ1n) is 6.51. The van der Waals surface area contributed by atoms with E-state index in [1.165, 1.54) is 22.3 Å². The Morgan fingerprint density at radius 2 is 1.47 bits per heavy atom. The molecule has 1 aromatic rings. The standard InChI is InChI=1S/C17H27/c1-9-14-12(2)10-13(16(3,4)5)11-15(14)17(6,7)8/h10-11H,1,9H2,2-8H3. The van der Waals surface area contributed by atoms with Crippen LogP contribution in [0.1, 0.15) is 63.8 Å². The summed E-state index contributed by atoms with van der Waals surface area (Å²) in [5, 5.41) is 0. The van der Waals surface area contributed by atoms with Crippen molar-refractivity contribution in [2.24, 2.45) is 0 Å². The van der Waals surface area contributed by atoms with Crippen molar-refractivity contribution in [2.45, 2.75) is 65.7 Å². The molecule has 0 unspecified atom stereocenters. The summed E-state index contributed by atoms with van der Waals surface area (Å²) in [6.45, 7) is 20.0. The fourth-order valence-corrected chi connectivity index (χ4v) is 2.25. The molecule has 0 bridgehead atoms. The van der Waals surface area contributed by atoms with Gasteiger partial charge in [0.15, 0.2) is 0 Å². The summed E-state index contributed by atoms with van der Waals surface area (Å²) in [7, 11) is 0. The van der Waals surface area contributed by atoms with Gasteiger partial charge in [-0.3, -0.25) is 0 Å². The summed E-state index contributed by atoms with van der Waals surface area (Å²) in [4.78, 5) is 0. The number of aryl methyl sites for hydroxylation is 1. The van der Waals surface area contributed by atoms with Crippen LogP contribution in [-0.2, 0) is 17.3 Å². The van der Waals surface area contributed by atoms with Crippen molar-refractivity contribution in [2.75, 3.05) is 0 Å². The van der Waals surface area contributed by atoms with Crippen LogP contribution in [0.3, 0.4) is 0 Å². The van der Waals surface area contributed by atoms with Gasteiger partial charge in [0.25, 0.3) is 0 Å². The Balaban J connectivity index is 3.51. The molecule has 0 spiro atoms. The van der Waals surface area contributed by atoms with E-state index in [4.69, 9.17) is 0 Å². The number of rotatable bonds is 1. The minimum atomic E-state index is 0.193. The smallest absolute Gasteiger partial charge is 0.0129 e. The van der Waals surface area contributed by atoms with Crippen LogP contribution in [0.2, 0.25) is 0 Å². The SMILES string of the molecule is [CH2]Cc1c(C)cc(C(C)(C)C)cc1C(C)(C)C. The Bertz CT molecular complexity index is 397. The predicted octanol–water partition coefficient (Wildman–Crippen LogP) is 4.97. The van der Waals surface area contributed by atoms with Gasteiger partial charge >= 0.3 is 0 Å². The lowest BCUT2D eigenvalue weighted by Crippen LogP contribution is -2.19. The van der Waals surface area contributed by atoms with Crippen molar-refractivity contribution in [3.05, 3.63) is 41.3 Å². The largest absolute Gasteiger partial charge is 0.0561 e. The zero-order valence-corrected chi connectivity index (χ0v) is 12.6. The average molecular weight is 231 g/mol. The molecule has 1 rings (SSSR count). The topological polar surface area (TPSA) is 0 Å². The van der Waals surface area contributed by atoms with E-state index in [0.717, 1.165) is 6.42 Å². The van der Waals surface area contributed by atoms with Gasteiger partial charge in [-0.1, -0.05) is 53.7 Å². The van der Waals surface area contributed by atoms with Crippen LogP contribution in [0.5, 0.6) is 0 Å². The van der Waals surface area contributed by atoms with Crippen molar-refractivity contribution >= 4 is 0 Å². The highest BCUT2D eigenvalue weighted by molar-refractivity contribution is 5.44. The summed E-state index contributed by atoms with van der Waals surface area (Å²) in [6.07, 6.45) is 0.878. The van der Waals surface area contributed by atoms with E-state index in [2.05, 4.69) is 67.5 Å². The first-order chi connectivity index (χ1) is 7.57. The zero-order valence-electron chi connectivity index (χ0n) is 12.6. The molecule has 95 valence electrons. The van der Waals surface area contributed by atoms with Crippen LogP contribution in [0.25, 0.3) is 0 Å². The Labute approximate surface area is 107 Å². The summed E-state index contributed by atoms with van der Waals surface area (Å²) in [5.74, 6) is 0. The summed E-state index contributed by atoms with van der Waals surface area (Å²) in [5.41, 5.74) is 6.10. The molecule has 1 aromatic carbocycles. The highest BCUT2D eigenvalue weighted by Gasteiger charge is 2.22.